The predicted octanol–water partition coefficient (Wildman–Crippen LogP) is 0.709. The van der Waals surface area contributed by atoms with Crippen LogP contribution in [0.25, 0.3) is 0 Å². The molecule has 0 heterocycles. The summed E-state index contributed by atoms with van der Waals surface area (Å²) in [7, 11) is 0. The zero-order valence-electron chi connectivity index (χ0n) is 6.62. The Labute approximate surface area is 76.1 Å². The number of nitrogens with two attached hydrogens (primary N) is 1. The molecule has 1 rings (SSSR count). The van der Waals surface area contributed by atoms with Crippen LogP contribution in [0.15, 0.2) is 0 Å². The minimum atomic E-state index is -1.06. The van der Waals surface area contributed by atoms with Crippen LogP contribution >= 0.6 is 12.2 Å². The van der Waals surface area contributed by atoms with Crippen molar-refractivity contribution in [3.63, 3.8) is 0 Å². The Morgan fingerprint density at radius 1 is 1.75 bits per heavy atom. The van der Waals surface area contributed by atoms with Crippen LogP contribution < -0.4 is 11.1 Å². The van der Waals surface area contributed by atoms with Crippen LogP contribution in [0.2, 0.25) is 0 Å². The van der Waals surface area contributed by atoms with Crippen molar-refractivity contribution in [1.29, 1.82) is 0 Å². The zero-order chi connectivity index (χ0) is 9.14. The van der Waals surface area contributed by atoms with Gasteiger partial charge in [-0.2, -0.15) is 0 Å². The highest BCUT2D eigenvalue weighted by Crippen LogP contribution is 2.33. The van der Waals surface area contributed by atoms with E-state index < -0.39 is 6.09 Å². The van der Waals surface area contributed by atoms with Crippen molar-refractivity contribution in [3.8, 4) is 0 Å². The highest BCUT2D eigenvalue weighted by Gasteiger charge is 2.27. The lowest BCUT2D eigenvalue weighted by Crippen LogP contribution is -2.43. The Kier molecular flexibility index (Phi) is 2.86. The largest absolute Gasteiger partial charge is 0.465 e. The lowest BCUT2D eigenvalue weighted by atomic mass is 10.1. The Morgan fingerprint density at radius 2 is 2.33 bits per heavy atom. The number of nitrogens with one attached hydrogen (secondary N) is 1. The van der Waals surface area contributed by atoms with Gasteiger partial charge in [0, 0.05) is 0 Å². The number of hydrogen-bond donors (Lipinski definition) is 3. The molecule has 1 aliphatic rings. The molecule has 12 heavy (non-hydrogen) atoms. The van der Waals surface area contributed by atoms with Crippen molar-refractivity contribution < 1.29 is 9.90 Å². The van der Waals surface area contributed by atoms with E-state index in [1.807, 2.05) is 0 Å². The third-order valence-electron chi connectivity index (χ3n) is 1.91. The van der Waals surface area contributed by atoms with Gasteiger partial charge in [0.05, 0.1) is 11.0 Å². The third-order valence-corrected chi connectivity index (χ3v) is 2.19. The first kappa shape index (κ1) is 9.25. The highest BCUT2D eigenvalue weighted by molar-refractivity contribution is 7.80. The summed E-state index contributed by atoms with van der Waals surface area (Å²) in [5.74, 6) is 0.614. The lowest BCUT2D eigenvalue weighted by molar-refractivity contribution is 0.192. The summed E-state index contributed by atoms with van der Waals surface area (Å²) in [6.45, 7) is 0. The van der Waals surface area contributed by atoms with Crippen LogP contribution in [0.5, 0.6) is 0 Å². The smallest absolute Gasteiger partial charge is 0.405 e. The first-order chi connectivity index (χ1) is 5.59. The average molecular weight is 188 g/mol. The molecular formula is C7H12N2O2S. The molecule has 68 valence electrons. The van der Waals surface area contributed by atoms with Gasteiger partial charge in [0.1, 0.15) is 0 Å². The summed E-state index contributed by atoms with van der Waals surface area (Å²) >= 11 is 4.73. The monoisotopic (exact) mass is 188 g/mol. The number of amides is 1. The average Bonchev–Trinajstić information content (AvgIpc) is 2.68. The molecule has 1 amide bonds. The number of hydrogen-bond acceptors (Lipinski definition) is 2. The van der Waals surface area contributed by atoms with Gasteiger partial charge in [-0.15, -0.1) is 0 Å². The van der Waals surface area contributed by atoms with Gasteiger partial charge in [-0.1, -0.05) is 25.1 Å². The van der Waals surface area contributed by atoms with E-state index in [9.17, 15) is 4.79 Å². The maximum atomic E-state index is 10.3. The minimum absolute atomic E-state index is 0.240. The van der Waals surface area contributed by atoms with Crippen molar-refractivity contribution in [2.24, 2.45) is 11.7 Å². The fourth-order valence-electron chi connectivity index (χ4n) is 1.08. The SMILES string of the molecule is NC(=S)C(CC1CC1)NC(=O)O. The van der Waals surface area contributed by atoms with Crippen LogP contribution in [-0.4, -0.2) is 22.2 Å². The molecule has 1 fully saturated rings. The van der Waals surface area contributed by atoms with E-state index in [0.717, 1.165) is 6.42 Å². The maximum Gasteiger partial charge on any atom is 0.405 e. The Morgan fingerprint density at radius 3 is 2.67 bits per heavy atom. The molecule has 1 aliphatic carbocycles. The van der Waals surface area contributed by atoms with E-state index in [-0.39, 0.29) is 11.0 Å². The molecule has 0 aromatic rings. The van der Waals surface area contributed by atoms with Crippen LogP contribution in [0, 0.1) is 5.92 Å². The van der Waals surface area contributed by atoms with E-state index in [0.29, 0.717) is 5.92 Å². The van der Waals surface area contributed by atoms with Gasteiger partial charge in [0.15, 0.2) is 0 Å². The van der Waals surface area contributed by atoms with Crippen molar-refractivity contribution in [1.82, 2.24) is 5.32 Å². The number of carboxylic acid groups (broad SMARTS) is 1. The number of rotatable bonds is 4. The zero-order valence-corrected chi connectivity index (χ0v) is 7.43. The van der Waals surface area contributed by atoms with Crippen molar-refractivity contribution in [3.05, 3.63) is 0 Å². The first-order valence-corrected chi connectivity index (χ1v) is 4.29. The summed E-state index contributed by atoms with van der Waals surface area (Å²) in [6.07, 6.45) is 2.02. The number of carbonyl (C=O) groups is 1. The Balaban J connectivity index is 2.36. The fraction of sp³-hybridized carbons (Fsp3) is 0.714. The molecule has 0 saturated heterocycles. The molecule has 0 aromatic carbocycles. The quantitative estimate of drug-likeness (QED) is 0.568. The van der Waals surface area contributed by atoms with Crippen LogP contribution in [0.4, 0.5) is 4.79 Å². The second-order valence-electron chi connectivity index (χ2n) is 3.08. The van der Waals surface area contributed by atoms with Crippen molar-refractivity contribution >= 4 is 23.3 Å². The van der Waals surface area contributed by atoms with E-state index >= 15 is 0 Å². The van der Waals surface area contributed by atoms with Crippen molar-refractivity contribution in [2.75, 3.05) is 0 Å². The molecular weight excluding hydrogens is 176 g/mol. The molecule has 4 N–H and O–H groups in total. The molecule has 0 spiro atoms. The van der Waals surface area contributed by atoms with E-state index in [1.54, 1.807) is 0 Å². The lowest BCUT2D eigenvalue weighted by Gasteiger charge is -2.14. The number of thiocarbonyl (C=S) groups is 1. The standard InChI is InChI=1S/C7H12N2O2S/c8-6(12)5(9-7(10)11)3-4-1-2-4/h4-5,9H,1-3H2,(H2,8,12)(H,10,11). The molecule has 0 aliphatic heterocycles. The van der Waals surface area contributed by atoms with Crippen molar-refractivity contribution in [2.45, 2.75) is 25.3 Å². The molecule has 0 bridgehead atoms. The van der Waals surface area contributed by atoms with E-state index in [1.165, 1.54) is 12.8 Å². The summed E-state index contributed by atoms with van der Waals surface area (Å²) < 4.78 is 0. The van der Waals surface area contributed by atoms with E-state index in [2.05, 4.69) is 5.32 Å². The van der Waals surface area contributed by atoms with Crippen LogP contribution in [0.3, 0.4) is 0 Å². The van der Waals surface area contributed by atoms with Gasteiger partial charge in [0.25, 0.3) is 0 Å². The fourth-order valence-corrected chi connectivity index (χ4v) is 1.24. The summed E-state index contributed by atoms with van der Waals surface area (Å²) in [5, 5.41) is 10.7. The maximum absolute atomic E-state index is 10.3. The van der Waals surface area contributed by atoms with Gasteiger partial charge < -0.3 is 16.2 Å². The van der Waals surface area contributed by atoms with Crippen LogP contribution in [0.1, 0.15) is 19.3 Å². The highest BCUT2D eigenvalue weighted by atomic mass is 32.1. The van der Waals surface area contributed by atoms with Gasteiger partial charge in [-0.05, 0) is 12.3 Å². The first-order valence-electron chi connectivity index (χ1n) is 3.88. The van der Waals surface area contributed by atoms with Crippen LogP contribution in [-0.2, 0) is 0 Å². The van der Waals surface area contributed by atoms with Gasteiger partial charge >= 0.3 is 6.09 Å². The summed E-state index contributed by atoms with van der Waals surface area (Å²) in [5.41, 5.74) is 5.37. The third kappa shape index (κ3) is 3.04. The van der Waals surface area contributed by atoms with E-state index in [4.69, 9.17) is 23.1 Å². The molecule has 1 saturated carbocycles. The molecule has 0 radical (unpaired) electrons. The second kappa shape index (κ2) is 3.71. The predicted molar refractivity (Wildman–Crippen MR) is 49.1 cm³/mol. The topological polar surface area (TPSA) is 75.3 Å². The van der Waals surface area contributed by atoms with Gasteiger partial charge in [-0.25, -0.2) is 4.79 Å². The molecule has 4 nitrogen and oxygen atoms in total. The normalized spacial score (nSPS) is 18.3. The molecule has 5 heteroatoms. The summed E-state index contributed by atoms with van der Waals surface area (Å²) in [6, 6.07) is -0.343. The Bertz CT molecular complexity index is 204. The Hall–Kier alpha value is -0.840. The molecule has 1 unspecified atom stereocenters. The minimum Gasteiger partial charge on any atom is -0.465 e. The second-order valence-corrected chi connectivity index (χ2v) is 3.55. The van der Waals surface area contributed by atoms with Gasteiger partial charge in [-0.3, -0.25) is 0 Å². The summed E-state index contributed by atoms with van der Waals surface area (Å²) in [4.78, 5) is 10.5. The van der Waals surface area contributed by atoms with Gasteiger partial charge in [0.2, 0.25) is 0 Å². The molecule has 0 aromatic heterocycles. The molecule has 1 atom stereocenters.